The second-order valence-electron chi connectivity index (χ2n) is 5.11. The summed E-state index contributed by atoms with van der Waals surface area (Å²) in [5.74, 6) is -0.0386. The van der Waals surface area contributed by atoms with Gasteiger partial charge in [0.15, 0.2) is 0 Å². The van der Waals surface area contributed by atoms with Crippen LogP contribution in [0.25, 0.3) is 0 Å². The fourth-order valence-electron chi connectivity index (χ4n) is 2.00. The Morgan fingerprint density at radius 3 is 2.33 bits per heavy atom. The van der Waals surface area contributed by atoms with Gasteiger partial charge in [0.05, 0.1) is 5.56 Å². The van der Waals surface area contributed by atoms with Gasteiger partial charge in [-0.25, -0.2) is 0 Å². The van der Waals surface area contributed by atoms with Crippen molar-refractivity contribution in [2.24, 2.45) is 0 Å². The molecule has 6 heteroatoms. The van der Waals surface area contributed by atoms with Crippen LogP contribution in [-0.4, -0.2) is 30.4 Å². The van der Waals surface area contributed by atoms with Crippen LogP contribution in [0.1, 0.15) is 31.4 Å². The van der Waals surface area contributed by atoms with E-state index in [1.807, 2.05) is 13.8 Å². The van der Waals surface area contributed by atoms with E-state index in [2.05, 4.69) is 5.32 Å². The molecule has 0 aliphatic rings. The highest BCUT2D eigenvalue weighted by Gasteiger charge is 2.29. The minimum absolute atomic E-state index is 0.0386. The van der Waals surface area contributed by atoms with Crippen LogP contribution >= 0.6 is 0 Å². The van der Waals surface area contributed by atoms with E-state index in [-0.39, 0.29) is 11.9 Å². The summed E-state index contributed by atoms with van der Waals surface area (Å²) in [6.07, 6.45) is -3.97. The molecule has 0 fully saturated rings. The summed E-state index contributed by atoms with van der Waals surface area (Å²) < 4.78 is 37.4. The maximum atomic E-state index is 12.5. The summed E-state index contributed by atoms with van der Waals surface area (Å²) in [5, 5.41) is 3.15. The van der Waals surface area contributed by atoms with Crippen molar-refractivity contribution in [3.8, 4) is 0 Å². The summed E-state index contributed by atoms with van der Waals surface area (Å²) >= 11 is 0. The molecule has 0 saturated carbocycles. The molecule has 1 aromatic carbocycles. The molecule has 1 rings (SSSR count). The average molecular weight is 302 g/mol. The fourth-order valence-corrected chi connectivity index (χ4v) is 2.00. The van der Waals surface area contributed by atoms with E-state index in [0.29, 0.717) is 18.5 Å². The lowest BCUT2D eigenvalue weighted by Crippen LogP contribution is -2.34. The Bertz CT molecular complexity index is 457. The summed E-state index contributed by atoms with van der Waals surface area (Å²) in [5.41, 5.74) is -0.00375. The Morgan fingerprint density at radius 2 is 1.86 bits per heavy atom. The Morgan fingerprint density at radius 1 is 1.29 bits per heavy atom. The molecule has 118 valence electrons. The largest absolute Gasteiger partial charge is 0.416 e. The first-order chi connectivity index (χ1) is 9.74. The molecule has 0 radical (unpaired) electrons. The number of hydrogen-bond donors (Lipinski definition) is 1. The number of alkyl halides is 3. The highest BCUT2D eigenvalue weighted by atomic mass is 19.4. The van der Waals surface area contributed by atoms with Gasteiger partial charge in [-0.1, -0.05) is 19.1 Å². The zero-order valence-corrected chi connectivity index (χ0v) is 12.5. The molecule has 0 saturated heterocycles. The normalized spacial score (nSPS) is 13.0. The van der Waals surface area contributed by atoms with Crippen molar-refractivity contribution >= 4 is 5.91 Å². The van der Waals surface area contributed by atoms with Crippen molar-refractivity contribution in [3.05, 3.63) is 35.4 Å². The second-order valence-corrected chi connectivity index (χ2v) is 5.11. The van der Waals surface area contributed by atoms with Gasteiger partial charge in [0.1, 0.15) is 0 Å². The molecule has 3 nitrogen and oxygen atoms in total. The summed E-state index contributed by atoms with van der Waals surface area (Å²) in [4.78, 5) is 13.5. The lowest BCUT2D eigenvalue weighted by atomic mass is 10.1. The highest BCUT2D eigenvalue weighted by molar-refractivity contribution is 5.76. The number of rotatable bonds is 6. The summed E-state index contributed by atoms with van der Waals surface area (Å²) in [6, 6.07) is 4.96. The van der Waals surface area contributed by atoms with Crippen LogP contribution in [0, 0.1) is 0 Å². The molecule has 21 heavy (non-hydrogen) atoms. The SMILES string of the molecule is CCNC(C)CC(=O)N(C)Cc1ccc(C(F)(F)F)cc1. The quantitative estimate of drug-likeness (QED) is 0.876. The van der Waals surface area contributed by atoms with Crippen LogP contribution in [0.4, 0.5) is 13.2 Å². The van der Waals surface area contributed by atoms with Crippen molar-refractivity contribution in [1.29, 1.82) is 0 Å². The highest BCUT2D eigenvalue weighted by Crippen LogP contribution is 2.29. The summed E-state index contributed by atoms with van der Waals surface area (Å²) in [7, 11) is 1.65. The van der Waals surface area contributed by atoms with Gasteiger partial charge >= 0.3 is 6.18 Å². The molecule has 1 amide bonds. The van der Waals surface area contributed by atoms with E-state index in [1.165, 1.54) is 17.0 Å². The van der Waals surface area contributed by atoms with Gasteiger partial charge in [-0.3, -0.25) is 4.79 Å². The van der Waals surface area contributed by atoms with E-state index in [0.717, 1.165) is 18.7 Å². The molecular weight excluding hydrogens is 281 g/mol. The van der Waals surface area contributed by atoms with Crippen molar-refractivity contribution < 1.29 is 18.0 Å². The average Bonchev–Trinajstić information content (AvgIpc) is 2.38. The number of halogens is 3. The zero-order valence-electron chi connectivity index (χ0n) is 12.5. The Balaban J connectivity index is 2.58. The molecule has 0 spiro atoms. The third-order valence-electron chi connectivity index (χ3n) is 3.16. The first-order valence-corrected chi connectivity index (χ1v) is 6.87. The smallest absolute Gasteiger partial charge is 0.341 e. The Kier molecular flexibility index (Phi) is 6.20. The van der Waals surface area contributed by atoms with Crippen LogP contribution in [0.3, 0.4) is 0 Å². The number of nitrogens with zero attached hydrogens (tertiary/aromatic N) is 1. The fraction of sp³-hybridized carbons (Fsp3) is 0.533. The van der Waals surface area contributed by atoms with E-state index >= 15 is 0 Å². The van der Waals surface area contributed by atoms with Crippen molar-refractivity contribution in [1.82, 2.24) is 10.2 Å². The molecule has 1 unspecified atom stereocenters. The van der Waals surface area contributed by atoms with Crippen LogP contribution in [-0.2, 0) is 17.5 Å². The van der Waals surface area contributed by atoms with Gasteiger partial charge in [-0.15, -0.1) is 0 Å². The second kappa shape index (κ2) is 7.45. The van der Waals surface area contributed by atoms with Gasteiger partial charge < -0.3 is 10.2 Å². The molecule has 1 aromatic rings. The molecule has 0 aliphatic heterocycles. The third kappa shape index (κ3) is 5.75. The maximum Gasteiger partial charge on any atom is 0.416 e. The number of amides is 1. The van der Waals surface area contributed by atoms with Crippen molar-refractivity contribution in [2.75, 3.05) is 13.6 Å². The van der Waals surface area contributed by atoms with Gasteiger partial charge in [0.25, 0.3) is 0 Å². The van der Waals surface area contributed by atoms with E-state index in [4.69, 9.17) is 0 Å². The van der Waals surface area contributed by atoms with Crippen molar-refractivity contribution in [2.45, 2.75) is 39.0 Å². The predicted molar refractivity (Wildman–Crippen MR) is 75.7 cm³/mol. The first-order valence-electron chi connectivity index (χ1n) is 6.87. The number of nitrogens with one attached hydrogen (secondary N) is 1. The number of hydrogen-bond acceptors (Lipinski definition) is 2. The lowest BCUT2D eigenvalue weighted by Gasteiger charge is -2.20. The van der Waals surface area contributed by atoms with Gasteiger partial charge in [-0.2, -0.15) is 13.2 Å². The van der Waals surface area contributed by atoms with E-state index < -0.39 is 11.7 Å². The Labute approximate surface area is 123 Å². The topological polar surface area (TPSA) is 32.3 Å². The summed E-state index contributed by atoms with van der Waals surface area (Å²) in [6.45, 7) is 4.98. The Hall–Kier alpha value is -1.56. The van der Waals surface area contributed by atoms with E-state index in [1.54, 1.807) is 7.05 Å². The minimum Gasteiger partial charge on any atom is -0.341 e. The number of carbonyl (C=O) groups is 1. The minimum atomic E-state index is -4.33. The number of carbonyl (C=O) groups excluding carboxylic acids is 1. The van der Waals surface area contributed by atoms with E-state index in [9.17, 15) is 18.0 Å². The maximum absolute atomic E-state index is 12.5. The molecule has 0 aliphatic carbocycles. The molecule has 0 bridgehead atoms. The van der Waals surface area contributed by atoms with Crippen LogP contribution in [0.15, 0.2) is 24.3 Å². The lowest BCUT2D eigenvalue weighted by molar-refractivity contribution is -0.137. The van der Waals surface area contributed by atoms with Crippen LogP contribution in [0.2, 0.25) is 0 Å². The van der Waals surface area contributed by atoms with Gasteiger partial charge in [-0.05, 0) is 31.2 Å². The van der Waals surface area contributed by atoms with Crippen LogP contribution in [0.5, 0.6) is 0 Å². The molecule has 0 aromatic heterocycles. The molecular formula is C15H21F3N2O. The van der Waals surface area contributed by atoms with Crippen molar-refractivity contribution in [3.63, 3.8) is 0 Å². The predicted octanol–water partition coefficient (Wildman–Crippen LogP) is 3.05. The zero-order chi connectivity index (χ0) is 16.0. The molecule has 1 N–H and O–H groups in total. The first kappa shape index (κ1) is 17.5. The standard InChI is InChI=1S/C15H21F3N2O/c1-4-19-11(2)9-14(21)20(3)10-12-5-7-13(8-6-12)15(16,17)18/h5-8,11,19H,4,9-10H2,1-3H3. The molecule has 1 atom stereocenters. The monoisotopic (exact) mass is 302 g/mol. The van der Waals surface area contributed by atoms with Gasteiger partial charge in [0, 0.05) is 26.1 Å². The third-order valence-corrected chi connectivity index (χ3v) is 3.16. The molecule has 0 heterocycles. The van der Waals surface area contributed by atoms with Gasteiger partial charge in [0.2, 0.25) is 5.91 Å². The van der Waals surface area contributed by atoms with Crippen LogP contribution < -0.4 is 5.32 Å². The number of benzene rings is 1.